The maximum absolute atomic E-state index is 12.9. The Kier molecular flexibility index (Phi) is 4.61. The van der Waals surface area contributed by atoms with Crippen LogP contribution in [0.4, 0.5) is 13.2 Å². The highest BCUT2D eigenvalue weighted by Gasteiger charge is 2.43. The van der Waals surface area contributed by atoms with Crippen LogP contribution in [0.15, 0.2) is 46.5 Å². The summed E-state index contributed by atoms with van der Waals surface area (Å²) in [5, 5.41) is 8.98. The first-order valence-corrected chi connectivity index (χ1v) is 10.8. The van der Waals surface area contributed by atoms with Gasteiger partial charge in [0.25, 0.3) is 5.56 Å². The van der Waals surface area contributed by atoms with Crippen LogP contribution in [-0.2, 0) is 6.54 Å². The van der Waals surface area contributed by atoms with Gasteiger partial charge in [0, 0.05) is 35.0 Å². The van der Waals surface area contributed by atoms with Crippen molar-refractivity contribution in [3.8, 4) is 11.3 Å². The molecule has 0 saturated heterocycles. The molecule has 1 saturated carbocycles. The molecule has 1 aliphatic carbocycles. The maximum atomic E-state index is 12.9. The summed E-state index contributed by atoms with van der Waals surface area (Å²) in [5.41, 5.74) is 1.39. The molecule has 0 unspecified atom stereocenters. The van der Waals surface area contributed by atoms with Gasteiger partial charge in [0.2, 0.25) is 0 Å². The number of hydrogen-bond acceptors (Lipinski definition) is 6. The quantitative estimate of drug-likeness (QED) is 0.389. The van der Waals surface area contributed by atoms with Gasteiger partial charge in [0.1, 0.15) is 6.54 Å². The minimum Gasteiger partial charge on any atom is -0.313 e. The minimum absolute atomic E-state index is 0.0801. The number of H-pyrrole nitrogens is 2. The van der Waals surface area contributed by atoms with Crippen LogP contribution in [0.5, 0.6) is 0 Å². The van der Waals surface area contributed by atoms with E-state index in [-0.39, 0.29) is 28.2 Å². The highest BCUT2D eigenvalue weighted by molar-refractivity contribution is 6.29. The normalized spacial score (nSPS) is 17.9. The number of aromatic amines is 2. The second kappa shape index (κ2) is 7.50. The van der Waals surface area contributed by atoms with Crippen molar-refractivity contribution in [2.75, 3.05) is 0 Å². The number of fused-ring (bicyclic) bond motifs is 2. The van der Waals surface area contributed by atoms with Gasteiger partial charge in [0.15, 0.2) is 10.8 Å². The molecule has 0 aromatic carbocycles. The fourth-order valence-corrected chi connectivity index (χ4v) is 4.49. The fraction of sp³-hybridized carbons (Fsp3) is 0.238. The lowest BCUT2D eigenvalue weighted by Gasteiger charge is -2.09. The van der Waals surface area contributed by atoms with Gasteiger partial charge in [-0.2, -0.15) is 23.4 Å². The predicted molar refractivity (Wildman–Crippen MR) is 118 cm³/mol. The lowest BCUT2D eigenvalue weighted by atomic mass is 10.1. The first kappa shape index (κ1) is 21.5. The summed E-state index contributed by atoms with van der Waals surface area (Å²) in [6, 6.07) is 3.34. The van der Waals surface area contributed by atoms with E-state index in [1.165, 1.54) is 29.3 Å². The van der Waals surface area contributed by atoms with Crippen molar-refractivity contribution in [2.45, 2.75) is 31.0 Å². The van der Waals surface area contributed by atoms with Crippen LogP contribution in [0, 0.1) is 0 Å². The molecule has 178 valence electrons. The lowest BCUT2D eigenvalue weighted by molar-refractivity contribution is -0.141. The second-order valence-corrected chi connectivity index (χ2v) is 8.71. The number of nitrogens with one attached hydrogen (secondary N) is 2. The second-order valence-electron chi connectivity index (χ2n) is 8.32. The summed E-state index contributed by atoms with van der Waals surface area (Å²) in [6.45, 7) is -1.19. The molecule has 0 aliphatic heterocycles. The van der Waals surface area contributed by atoms with E-state index < -0.39 is 24.0 Å². The van der Waals surface area contributed by atoms with Crippen LogP contribution < -0.4 is 11.2 Å². The molecule has 1 fully saturated rings. The third-order valence-electron chi connectivity index (χ3n) is 6.00. The van der Waals surface area contributed by atoms with Crippen LogP contribution in [-0.4, -0.2) is 45.5 Å². The molecule has 5 heterocycles. The molecule has 2 N–H and O–H groups in total. The van der Waals surface area contributed by atoms with E-state index in [2.05, 4.69) is 30.1 Å². The van der Waals surface area contributed by atoms with Gasteiger partial charge in [-0.25, -0.2) is 14.3 Å². The van der Waals surface area contributed by atoms with E-state index in [4.69, 9.17) is 11.6 Å². The molecule has 14 heteroatoms. The highest BCUT2D eigenvalue weighted by atomic mass is 35.5. The fourth-order valence-electron chi connectivity index (χ4n) is 4.32. The first-order valence-electron chi connectivity index (χ1n) is 10.4. The smallest absolute Gasteiger partial charge is 0.313 e. The van der Waals surface area contributed by atoms with Gasteiger partial charge >= 0.3 is 11.9 Å². The molecule has 0 spiro atoms. The highest BCUT2D eigenvalue weighted by Crippen LogP contribution is 2.55. The van der Waals surface area contributed by atoms with Crippen molar-refractivity contribution in [2.24, 2.45) is 0 Å². The average Bonchev–Trinajstić information content (AvgIpc) is 3.38. The Hall–Kier alpha value is -4.00. The van der Waals surface area contributed by atoms with Crippen LogP contribution in [0.2, 0.25) is 5.15 Å². The zero-order chi connectivity index (χ0) is 24.5. The van der Waals surface area contributed by atoms with Crippen molar-refractivity contribution in [1.82, 2.24) is 39.3 Å². The Morgan fingerprint density at radius 1 is 1.11 bits per heavy atom. The molecule has 1 aliphatic rings. The molecule has 5 aromatic heterocycles. The first-order chi connectivity index (χ1) is 16.7. The largest absolute Gasteiger partial charge is 0.408 e. The van der Waals surface area contributed by atoms with E-state index in [0.717, 1.165) is 10.2 Å². The summed E-state index contributed by atoms with van der Waals surface area (Å²) >= 11 is 6.25. The zero-order valence-electron chi connectivity index (χ0n) is 17.5. The summed E-state index contributed by atoms with van der Waals surface area (Å²) < 4.78 is 41.1. The summed E-state index contributed by atoms with van der Waals surface area (Å²) in [7, 11) is 0. The van der Waals surface area contributed by atoms with Crippen LogP contribution >= 0.6 is 11.6 Å². The average molecular weight is 503 g/mol. The van der Waals surface area contributed by atoms with Crippen molar-refractivity contribution in [3.05, 3.63) is 74.2 Å². The SMILES string of the molecule is O=c1[nH]cc(-c2cc([C@@H]3C[C@H]3c3cc4c(cn3)cnn4CC(F)(F)F)c3ncc(Cl)n3n2)c(=O)[nH]1. The molecule has 35 heavy (non-hydrogen) atoms. The van der Waals surface area contributed by atoms with Gasteiger partial charge in [0.05, 0.1) is 29.2 Å². The number of aromatic nitrogens is 8. The lowest BCUT2D eigenvalue weighted by Crippen LogP contribution is -2.23. The van der Waals surface area contributed by atoms with Crippen LogP contribution in [0.25, 0.3) is 27.8 Å². The van der Waals surface area contributed by atoms with Crippen molar-refractivity contribution < 1.29 is 13.2 Å². The molecule has 0 amide bonds. The van der Waals surface area contributed by atoms with E-state index >= 15 is 0 Å². The van der Waals surface area contributed by atoms with Crippen molar-refractivity contribution in [1.29, 1.82) is 0 Å². The van der Waals surface area contributed by atoms with Gasteiger partial charge in [-0.3, -0.25) is 19.4 Å². The molecule has 0 radical (unpaired) electrons. The van der Waals surface area contributed by atoms with Crippen LogP contribution in [0.3, 0.4) is 0 Å². The third kappa shape index (κ3) is 3.77. The van der Waals surface area contributed by atoms with Gasteiger partial charge < -0.3 is 4.98 Å². The van der Waals surface area contributed by atoms with Crippen LogP contribution in [0.1, 0.15) is 29.5 Å². The minimum atomic E-state index is -4.40. The van der Waals surface area contributed by atoms with E-state index in [0.29, 0.717) is 28.7 Å². The molecular formula is C21H14ClF3N8O2. The molecule has 6 rings (SSSR count). The number of imidazole rings is 1. The van der Waals surface area contributed by atoms with Gasteiger partial charge in [-0.15, -0.1) is 0 Å². The van der Waals surface area contributed by atoms with E-state index in [1.807, 2.05) is 0 Å². The number of halogens is 4. The monoisotopic (exact) mass is 502 g/mol. The standard InChI is InChI=1S/C21H14ClF3N8O2/c22-17-7-27-18-12(2-15(31-33(17)18)13-6-28-20(35)30-19(13)34)10-1-11(10)14-3-16-9(4-26-14)5-29-32(16)8-21(23,24)25/h2-7,10-11H,1,8H2,(H2,28,30,34,35)/t10-,11-/m1/s1. The molecule has 5 aromatic rings. The Morgan fingerprint density at radius 2 is 1.94 bits per heavy atom. The Balaban J connectivity index is 1.41. The summed E-state index contributed by atoms with van der Waals surface area (Å²) in [4.78, 5) is 37.1. The topological polar surface area (TPSA) is 127 Å². The van der Waals surface area contributed by atoms with Gasteiger partial charge in [-0.1, -0.05) is 11.6 Å². The number of alkyl halides is 3. The Morgan fingerprint density at radius 3 is 2.71 bits per heavy atom. The molecule has 0 bridgehead atoms. The predicted octanol–water partition coefficient (Wildman–Crippen LogP) is 3.00. The van der Waals surface area contributed by atoms with Gasteiger partial charge in [-0.05, 0) is 24.5 Å². The van der Waals surface area contributed by atoms with Crippen molar-refractivity contribution >= 4 is 28.2 Å². The number of pyridine rings is 1. The maximum Gasteiger partial charge on any atom is 0.408 e. The number of nitrogens with zero attached hydrogens (tertiary/aromatic N) is 6. The molecular weight excluding hydrogens is 489 g/mol. The Bertz CT molecular complexity index is 1730. The zero-order valence-corrected chi connectivity index (χ0v) is 18.3. The van der Waals surface area contributed by atoms with E-state index in [1.54, 1.807) is 12.1 Å². The molecule has 2 atom stereocenters. The van der Waals surface area contributed by atoms with Crippen molar-refractivity contribution in [3.63, 3.8) is 0 Å². The van der Waals surface area contributed by atoms with E-state index in [9.17, 15) is 22.8 Å². The number of hydrogen-bond donors (Lipinski definition) is 2. The Labute approximate surface area is 197 Å². The summed E-state index contributed by atoms with van der Waals surface area (Å²) in [5.74, 6) is -0.166. The number of rotatable bonds is 4. The molecule has 10 nitrogen and oxygen atoms in total. The summed E-state index contributed by atoms with van der Waals surface area (Å²) in [6.07, 6.45) is 1.84. The third-order valence-corrected chi connectivity index (χ3v) is 6.25.